The first-order valence-electron chi connectivity index (χ1n) is 3.33. The average molecular weight is 306 g/mol. The van der Waals surface area contributed by atoms with Gasteiger partial charge in [0.1, 0.15) is 0 Å². The van der Waals surface area contributed by atoms with Crippen LogP contribution in [-0.4, -0.2) is 0 Å². The fraction of sp³-hybridized carbons (Fsp3) is 0.111. The Bertz CT molecular complexity index is 252. The molecule has 2 heterocycles. The molecule has 2 radical (unpaired) electrons. The Morgan fingerprint density at radius 2 is 1.83 bits per heavy atom. The summed E-state index contributed by atoms with van der Waals surface area (Å²) < 4.78 is 1.30. The van der Waals surface area contributed by atoms with Crippen molar-refractivity contribution in [2.75, 3.05) is 0 Å². The summed E-state index contributed by atoms with van der Waals surface area (Å²) in [6, 6.07) is 7.93. The van der Waals surface area contributed by atoms with E-state index in [1.54, 1.807) is 22.7 Å². The SMILES string of the molecule is Cc1cc[c]s1.Ic1cc[c]s1. The van der Waals surface area contributed by atoms with Crippen molar-refractivity contribution in [1.82, 2.24) is 0 Å². The molecule has 0 atom stereocenters. The van der Waals surface area contributed by atoms with Gasteiger partial charge in [0.25, 0.3) is 0 Å². The maximum atomic E-state index is 2.97. The van der Waals surface area contributed by atoms with Gasteiger partial charge in [-0.3, -0.25) is 0 Å². The number of hydrogen-bond acceptors (Lipinski definition) is 2. The van der Waals surface area contributed by atoms with Crippen LogP contribution in [0.25, 0.3) is 0 Å². The lowest BCUT2D eigenvalue weighted by Crippen LogP contribution is -1.43. The normalized spacial score (nSPS) is 8.83. The van der Waals surface area contributed by atoms with Crippen LogP contribution in [-0.2, 0) is 0 Å². The Labute approximate surface area is 94.4 Å². The molecule has 0 N–H and O–H groups in total. The summed E-state index contributed by atoms with van der Waals surface area (Å²) in [6.45, 7) is 2.07. The van der Waals surface area contributed by atoms with Crippen LogP contribution in [0.15, 0.2) is 24.3 Å². The lowest BCUT2D eigenvalue weighted by molar-refractivity contribution is 1.64. The molecule has 0 nitrogen and oxygen atoms in total. The zero-order valence-corrected chi connectivity index (χ0v) is 10.3. The van der Waals surface area contributed by atoms with Crippen LogP contribution in [0, 0.1) is 20.6 Å². The van der Waals surface area contributed by atoms with Crippen LogP contribution >= 0.6 is 45.3 Å². The van der Waals surface area contributed by atoms with Crippen molar-refractivity contribution in [3.05, 3.63) is 42.8 Å². The van der Waals surface area contributed by atoms with E-state index in [1.807, 2.05) is 24.3 Å². The molecular weight excluding hydrogens is 299 g/mol. The second kappa shape index (κ2) is 5.72. The number of hydrogen-bond donors (Lipinski definition) is 0. The van der Waals surface area contributed by atoms with Gasteiger partial charge in [0.05, 0.1) is 2.88 Å². The highest BCUT2D eigenvalue weighted by Crippen LogP contribution is 2.08. The average Bonchev–Trinajstić information content (AvgIpc) is 2.63. The van der Waals surface area contributed by atoms with Crippen LogP contribution in [0.1, 0.15) is 4.88 Å². The van der Waals surface area contributed by atoms with Crippen LogP contribution in [0.5, 0.6) is 0 Å². The molecule has 2 rings (SSSR count). The van der Waals surface area contributed by atoms with Gasteiger partial charge in [0.15, 0.2) is 0 Å². The van der Waals surface area contributed by atoms with Crippen LogP contribution in [0.3, 0.4) is 0 Å². The Balaban J connectivity index is 0.000000120. The summed E-state index contributed by atoms with van der Waals surface area (Å²) in [5, 5.41) is 5.93. The molecule has 0 saturated carbocycles. The molecule has 62 valence electrons. The van der Waals surface area contributed by atoms with Crippen molar-refractivity contribution < 1.29 is 0 Å². The van der Waals surface area contributed by atoms with E-state index < -0.39 is 0 Å². The first-order valence-corrected chi connectivity index (χ1v) is 6.04. The molecule has 0 unspecified atom stereocenters. The minimum Gasteiger partial charge on any atom is -0.140 e. The van der Waals surface area contributed by atoms with Crippen molar-refractivity contribution in [3.63, 3.8) is 0 Å². The predicted molar refractivity (Wildman–Crippen MR) is 63.8 cm³/mol. The van der Waals surface area contributed by atoms with Gasteiger partial charge < -0.3 is 0 Å². The van der Waals surface area contributed by atoms with Gasteiger partial charge in [0.2, 0.25) is 0 Å². The van der Waals surface area contributed by atoms with Crippen LogP contribution in [0.4, 0.5) is 0 Å². The molecule has 2 aromatic rings. The van der Waals surface area contributed by atoms with Gasteiger partial charge in [-0.15, -0.1) is 22.7 Å². The van der Waals surface area contributed by atoms with E-state index in [0.29, 0.717) is 0 Å². The van der Waals surface area contributed by atoms with Crippen molar-refractivity contribution in [2.24, 2.45) is 0 Å². The maximum Gasteiger partial charge on any atom is 0.0660 e. The molecule has 0 spiro atoms. The van der Waals surface area contributed by atoms with E-state index >= 15 is 0 Å². The summed E-state index contributed by atoms with van der Waals surface area (Å²) in [5.74, 6) is 0. The topological polar surface area (TPSA) is 0 Å². The minimum absolute atomic E-state index is 1.30. The number of thiophene rings is 2. The van der Waals surface area contributed by atoms with Crippen molar-refractivity contribution in [3.8, 4) is 0 Å². The molecule has 12 heavy (non-hydrogen) atoms. The zero-order valence-electron chi connectivity index (χ0n) is 6.50. The Morgan fingerprint density at radius 1 is 1.17 bits per heavy atom. The monoisotopic (exact) mass is 306 g/mol. The van der Waals surface area contributed by atoms with E-state index in [0.717, 1.165) is 0 Å². The Hall–Kier alpha value is 0.130. The third-order valence-electron chi connectivity index (χ3n) is 1.04. The second-order valence-corrected chi connectivity index (χ2v) is 5.88. The summed E-state index contributed by atoms with van der Waals surface area (Å²) >= 11 is 5.55. The van der Waals surface area contributed by atoms with Gasteiger partial charge in [-0.25, -0.2) is 0 Å². The van der Waals surface area contributed by atoms with Crippen molar-refractivity contribution in [1.29, 1.82) is 0 Å². The lowest BCUT2D eigenvalue weighted by Gasteiger charge is -1.65. The molecule has 0 aliphatic heterocycles. The van der Waals surface area contributed by atoms with E-state index in [-0.39, 0.29) is 0 Å². The lowest BCUT2D eigenvalue weighted by atomic mass is 10.5. The predicted octanol–water partition coefficient (Wildman–Crippen LogP) is 4.01. The van der Waals surface area contributed by atoms with Gasteiger partial charge in [-0.05, 0) is 53.8 Å². The quantitative estimate of drug-likeness (QED) is 0.645. The third-order valence-corrected chi connectivity index (χ3v) is 3.36. The molecule has 0 aliphatic carbocycles. The molecule has 0 amide bonds. The Morgan fingerprint density at radius 3 is 2.00 bits per heavy atom. The van der Waals surface area contributed by atoms with E-state index in [4.69, 9.17) is 0 Å². The standard InChI is InChI=1S/C5H5S.C4H2IS/c1-5-3-2-4-6-5;5-4-2-1-3-6-4/h2-3H,1H3;1-2H. The molecule has 2 aromatic heterocycles. The largest absolute Gasteiger partial charge is 0.140 e. The number of halogens is 1. The summed E-state index contributed by atoms with van der Waals surface area (Å²) in [6.07, 6.45) is 0. The maximum absolute atomic E-state index is 2.97. The molecule has 0 aromatic carbocycles. The molecule has 0 saturated heterocycles. The summed E-state index contributed by atoms with van der Waals surface area (Å²) in [5.41, 5.74) is 0. The fourth-order valence-corrected chi connectivity index (χ4v) is 1.94. The van der Waals surface area contributed by atoms with Crippen molar-refractivity contribution >= 4 is 45.3 Å². The van der Waals surface area contributed by atoms with Gasteiger partial charge >= 0.3 is 0 Å². The molecule has 0 aliphatic rings. The summed E-state index contributed by atoms with van der Waals surface area (Å²) in [4.78, 5) is 1.33. The molecule has 0 fully saturated rings. The molecule has 0 bridgehead atoms. The first kappa shape index (κ1) is 10.2. The van der Waals surface area contributed by atoms with E-state index in [2.05, 4.69) is 40.3 Å². The van der Waals surface area contributed by atoms with Crippen molar-refractivity contribution in [2.45, 2.75) is 6.92 Å². The van der Waals surface area contributed by atoms with Gasteiger partial charge in [-0.1, -0.05) is 0 Å². The Kier molecular flexibility index (Phi) is 4.87. The highest BCUT2D eigenvalue weighted by atomic mass is 127. The highest BCUT2D eigenvalue weighted by molar-refractivity contribution is 14.1. The van der Waals surface area contributed by atoms with E-state index in [9.17, 15) is 0 Å². The molecular formula is C9H7IS2. The van der Waals surface area contributed by atoms with Crippen LogP contribution < -0.4 is 0 Å². The van der Waals surface area contributed by atoms with Crippen LogP contribution in [0.2, 0.25) is 0 Å². The minimum atomic E-state index is 1.30. The van der Waals surface area contributed by atoms with Gasteiger partial charge in [-0.2, -0.15) is 0 Å². The first-order chi connectivity index (χ1) is 5.79. The number of rotatable bonds is 0. The van der Waals surface area contributed by atoms with Gasteiger partial charge in [0, 0.05) is 15.6 Å². The zero-order chi connectivity index (χ0) is 8.81. The van der Waals surface area contributed by atoms with E-state index in [1.165, 1.54) is 7.76 Å². The highest BCUT2D eigenvalue weighted by Gasteiger charge is 1.78. The smallest absolute Gasteiger partial charge is 0.0660 e. The third kappa shape index (κ3) is 4.23. The summed E-state index contributed by atoms with van der Waals surface area (Å²) in [7, 11) is 0. The number of aryl methyl sites for hydroxylation is 1. The molecule has 3 heteroatoms. The second-order valence-electron chi connectivity index (χ2n) is 2.02. The fourth-order valence-electron chi connectivity index (χ4n) is 0.536.